The lowest BCUT2D eigenvalue weighted by molar-refractivity contribution is 0.0985. The van der Waals surface area contributed by atoms with Crippen LogP contribution in [0.3, 0.4) is 0 Å². The molecule has 0 saturated heterocycles. The largest absolute Gasteiger partial charge is 0.268 e. The van der Waals surface area contributed by atoms with Crippen LogP contribution in [0.4, 0.5) is 0 Å². The SMILES string of the molecule is Cc1cc(Br)ccc1S(N)(=O)=O.O=C1NS(=O)(=O)c2ccc(Br)cc21. The van der Waals surface area contributed by atoms with E-state index in [1.807, 2.05) is 4.72 Å². The standard InChI is InChI=1S/C7H4BrNO3S.C7H8BrNO2S/c8-4-1-2-6-5(3-4)7(10)9-13(6,11)12;1-5-4-6(8)2-3-7(5)12(9,10)11/h1-3H,(H,9,10);2-4H,1H3,(H2,9,10,11). The molecule has 1 aliphatic heterocycles. The average molecular weight is 512 g/mol. The highest BCUT2D eigenvalue weighted by Gasteiger charge is 2.32. The Morgan fingerprint density at radius 2 is 1.60 bits per heavy atom. The number of halogens is 2. The van der Waals surface area contributed by atoms with E-state index < -0.39 is 26.0 Å². The van der Waals surface area contributed by atoms with E-state index in [0.29, 0.717) is 10.0 Å². The third-order valence-corrected chi connectivity index (χ3v) is 6.59. The van der Waals surface area contributed by atoms with Gasteiger partial charge in [0.25, 0.3) is 15.9 Å². The molecule has 2 aromatic carbocycles. The molecular weight excluding hydrogens is 500 g/mol. The van der Waals surface area contributed by atoms with Crippen LogP contribution in [0, 0.1) is 6.92 Å². The number of hydrogen-bond acceptors (Lipinski definition) is 5. The maximum atomic E-state index is 11.2. The number of primary sulfonamides is 1. The van der Waals surface area contributed by atoms with Crippen molar-refractivity contribution in [3.8, 4) is 0 Å². The Balaban J connectivity index is 0.000000181. The third kappa shape index (κ3) is 4.67. The minimum absolute atomic E-state index is 0.0423. The zero-order chi connectivity index (χ0) is 19.0. The van der Waals surface area contributed by atoms with Crippen molar-refractivity contribution in [2.24, 2.45) is 5.14 Å². The van der Waals surface area contributed by atoms with E-state index in [9.17, 15) is 21.6 Å². The number of rotatable bonds is 1. The van der Waals surface area contributed by atoms with Crippen LogP contribution in [-0.4, -0.2) is 22.7 Å². The summed E-state index contributed by atoms with van der Waals surface area (Å²) >= 11 is 6.38. The van der Waals surface area contributed by atoms with E-state index in [0.717, 1.165) is 4.47 Å². The fourth-order valence-corrected chi connectivity index (χ4v) is 4.83. The number of hydrogen-bond donors (Lipinski definition) is 2. The zero-order valence-electron chi connectivity index (χ0n) is 12.7. The van der Waals surface area contributed by atoms with Crippen molar-refractivity contribution in [2.45, 2.75) is 16.7 Å². The topological polar surface area (TPSA) is 123 Å². The molecule has 0 bridgehead atoms. The highest BCUT2D eigenvalue weighted by molar-refractivity contribution is 9.10. The normalized spacial score (nSPS) is 15.0. The molecular formula is C14H12Br2N2O5S2. The van der Waals surface area contributed by atoms with E-state index in [4.69, 9.17) is 5.14 Å². The predicted molar refractivity (Wildman–Crippen MR) is 99.0 cm³/mol. The number of aryl methyl sites for hydroxylation is 1. The molecule has 0 atom stereocenters. The lowest BCUT2D eigenvalue weighted by atomic mass is 10.2. The quantitative estimate of drug-likeness (QED) is 0.607. The van der Waals surface area contributed by atoms with Crippen molar-refractivity contribution in [1.82, 2.24) is 4.72 Å². The second kappa shape index (κ2) is 7.16. The van der Waals surface area contributed by atoms with Gasteiger partial charge in [0, 0.05) is 8.95 Å². The van der Waals surface area contributed by atoms with Gasteiger partial charge >= 0.3 is 0 Å². The molecule has 0 radical (unpaired) electrons. The first kappa shape index (κ1) is 20.0. The molecule has 0 spiro atoms. The lowest BCUT2D eigenvalue weighted by Gasteiger charge is -2.02. The molecule has 11 heteroatoms. The van der Waals surface area contributed by atoms with Crippen molar-refractivity contribution in [1.29, 1.82) is 0 Å². The number of benzene rings is 2. The predicted octanol–water partition coefficient (Wildman–Crippen LogP) is 2.29. The van der Waals surface area contributed by atoms with Crippen LogP contribution >= 0.6 is 31.9 Å². The van der Waals surface area contributed by atoms with E-state index in [2.05, 4.69) is 31.9 Å². The molecule has 0 fully saturated rings. The van der Waals surface area contributed by atoms with Gasteiger partial charge in [-0.2, -0.15) is 0 Å². The summed E-state index contributed by atoms with van der Waals surface area (Å²) in [5.74, 6) is -0.573. The van der Waals surface area contributed by atoms with Crippen LogP contribution in [0.1, 0.15) is 15.9 Å². The van der Waals surface area contributed by atoms with Crippen molar-refractivity contribution in [3.05, 3.63) is 56.5 Å². The van der Waals surface area contributed by atoms with E-state index >= 15 is 0 Å². The van der Waals surface area contributed by atoms with Gasteiger partial charge in [-0.1, -0.05) is 31.9 Å². The number of nitrogens with two attached hydrogens (primary N) is 1. The van der Waals surface area contributed by atoms with Crippen LogP contribution in [-0.2, 0) is 20.0 Å². The Kier molecular flexibility index (Phi) is 5.74. The molecule has 0 aromatic heterocycles. The molecule has 134 valence electrons. The molecule has 7 nitrogen and oxygen atoms in total. The van der Waals surface area contributed by atoms with E-state index in [-0.39, 0.29) is 15.4 Å². The van der Waals surface area contributed by atoms with Crippen LogP contribution in [0.5, 0.6) is 0 Å². The fraction of sp³-hybridized carbons (Fsp3) is 0.0714. The van der Waals surface area contributed by atoms with Gasteiger partial charge in [0.1, 0.15) is 4.90 Å². The maximum absolute atomic E-state index is 11.2. The fourth-order valence-electron chi connectivity index (χ4n) is 2.08. The van der Waals surface area contributed by atoms with Crippen molar-refractivity contribution < 1.29 is 21.6 Å². The van der Waals surface area contributed by atoms with Crippen LogP contribution in [0.2, 0.25) is 0 Å². The monoisotopic (exact) mass is 510 g/mol. The van der Waals surface area contributed by atoms with Gasteiger partial charge in [-0.15, -0.1) is 0 Å². The Morgan fingerprint density at radius 3 is 2.16 bits per heavy atom. The van der Waals surface area contributed by atoms with Gasteiger partial charge in [0.15, 0.2) is 0 Å². The second-order valence-electron chi connectivity index (χ2n) is 5.03. The highest BCUT2D eigenvalue weighted by Crippen LogP contribution is 2.25. The summed E-state index contributed by atoms with van der Waals surface area (Å²) in [6.07, 6.45) is 0. The summed E-state index contributed by atoms with van der Waals surface area (Å²) in [4.78, 5) is 11.3. The first-order chi connectivity index (χ1) is 11.4. The lowest BCUT2D eigenvalue weighted by Crippen LogP contribution is -2.20. The number of sulfonamides is 2. The number of amides is 1. The highest BCUT2D eigenvalue weighted by atomic mass is 79.9. The maximum Gasteiger partial charge on any atom is 0.266 e. The van der Waals surface area contributed by atoms with Gasteiger partial charge in [0.05, 0.1) is 10.5 Å². The molecule has 1 amide bonds. The number of fused-ring (bicyclic) bond motifs is 1. The third-order valence-electron chi connectivity index (χ3n) is 3.15. The molecule has 3 rings (SSSR count). The van der Waals surface area contributed by atoms with Crippen LogP contribution in [0.25, 0.3) is 0 Å². The minimum atomic E-state index is -3.59. The van der Waals surface area contributed by atoms with Gasteiger partial charge < -0.3 is 0 Å². The van der Waals surface area contributed by atoms with Crippen LogP contribution < -0.4 is 9.86 Å². The molecule has 0 saturated carbocycles. The molecule has 1 heterocycles. The summed E-state index contributed by atoms with van der Waals surface area (Å²) < 4.78 is 47.7. The molecule has 3 N–H and O–H groups in total. The summed E-state index contributed by atoms with van der Waals surface area (Å²) in [5.41, 5.74) is 0.834. The summed E-state index contributed by atoms with van der Waals surface area (Å²) in [5, 5.41) is 4.96. The molecule has 0 aliphatic carbocycles. The summed E-state index contributed by atoms with van der Waals surface area (Å²) in [6.45, 7) is 1.70. The smallest absolute Gasteiger partial charge is 0.266 e. The number of carbonyl (C=O) groups excluding carboxylic acids is 1. The van der Waals surface area contributed by atoms with Gasteiger partial charge in [-0.05, 0) is 48.9 Å². The molecule has 1 aliphatic rings. The minimum Gasteiger partial charge on any atom is -0.268 e. The summed E-state index contributed by atoms with van der Waals surface area (Å²) in [7, 11) is -7.16. The molecule has 25 heavy (non-hydrogen) atoms. The zero-order valence-corrected chi connectivity index (χ0v) is 17.5. The van der Waals surface area contributed by atoms with E-state index in [1.165, 1.54) is 18.2 Å². The van der Waals surface area contributed by atoms with Gasteiger partial charge in [-0.3, -0.25) is 4.79 Å². The Bertz CT molecular complexity index is 1070. The Hall–Kier alpha value is -1.27. The first-order valence-electron chi connectivity index (χ1n) is 6.57. The van der Waals surface area contributed by atoms with Gasteiger partial charge in [0.2, 0.25) is 10.0 Å². The second-order valence-corrected chi connectivity index (χ2v) is 10.0. The van der Waals surface area contributed by atoms with Gasteiger partial charge in [-0.25, -0.2) is 26.7 Å². The van der Waals surface area contributed by atoms with Crippen LogP contribution in [0.15, 0.2) is 55.1 Å². The number of carbonyl (C=O) groups is 1. The first-order valence-corrected chi connectivity index (χ1v) is 11.2. The number of nitrogens with one attached hydrogen (secondary N) is 1. The Labute approximate surface area is 162 Å². The van der Waals surface area contributed by atoms with Crippen molar-refractivity contribution in [2.75, 3.05) is 0 Å². The average Bonchev–Trinajstić information content (AvgIpc) is 2.67. The van der Waals surface area contributed by atoms with Crippen molar-refractivity contribution in [3.63, 3.8) is 0 Å². The molecule has 0 unspecified atom stereocenters. The van der Waals surface area contributed by atoms with E-state index in [1.54, 1.807) is 25.1 Å². The Morgan fingerprint density at radius 1 is 1.04 bits per heavy atom. The molecule has 2 aromatic rings. The van der Waals surface area contributed by atoms with Crippen molar-refractivity contribution >= 4 is 57.8 Å². The summed E-state index contributed by atoms with van der Waals surface area (Å²) in [6, 6.07) is 9.29.